The van der Waals surface area contributed by atoms with E-state index in [-0.39, 0.29) is 5.41 Å². The summed E-state index contributed by atoms with van der Waals surface area (Å²) in [4.78, 5) is 11.3. The molecular formula is C11H16O. The van der Waals surface area contributed by atoms with Crippen LogP contribution in [0.5, 0.6) is 0 Å². The highest BCUT2D eigenvalue weighted by Gasteiger charge is 2.43. The minimum absolute atomic E-state index is 0.231. The Kier molecular flexibility index (Phi) is 1.64. The minimum Gasteiger partial charge on any atom is -0.300 e. The highest BCUT2D eigenvalue weighted by Crippen LogP contribution is 2.50. The molecular weight excluding hydrogens is 148 g/mol. The summed E-state index contributed by atoms with van der Waals surface area (Å²) in [6.45, 7) is 4.44. The van der Waals surface area contributed by atoms with Crippen LogP contribution in [0.1, 0.15) is 39.5 Å². The fraction of sp³-hybridized carbons (Fsp3) is 0.727. The van der Waals surface area contributed by atoms with E-state index in [1.54, 1.807) is 0 Å². The van der Waals surface area contributed by atoms with Gasteiger partial charge in [-0.2, -0.15) is 0 Å². The van der Waals surface area contributed by atoms with Gasteiger partial charge in [0.1, 0.15) is 5.78 Å². The lowest BCUT2D eigenvalue weighted by molar-refractivity contribution is -0.124. The molecule has 0 aromatic rings. The van der Waals surface area contributed by atoms with Crippen molar-refractivity contribution in [3.05, 3.63) is 11.6 Å². The van der Waals surface area contributed by atoms with E-state index in [0.29, 0.717) is 5.78 Å². The maximum absolute atomic E-state index is 11.3. The van der Waals surface area contributed by atoms with Gasteiger partial charge in [-0.05, 0) is 31.1 Å². The van der Waals surface area contributed by atoms with Crippen LogP contribution < -0.4 is 0 Å². The van der Waals surface area contributed by atoms with Gasteiger partial charge in [-0.25, -0.2) is 0 Å². The summed E-state index contributed by atoms with van der Waals surface area (Å²) in [6.07, 6.45) is 6.25. The third-order valence-electron chi connectivity index (χ3n) is 3.85. The molecule has 0 aliphatic heterocycles. The normalized spacial score (nSPS) is 41.0. The number of fused-ring (bicyclic) bond motifs is 1. The van der Waals surface area contributed by atoms with E-state index in [1.807, 2.05) is 0 Å². The van der Waals surface area contributed by atoms with Crippen molar-refractivity contribution >= 4 is 5.78 Å². The molecule has 1 saturated carbocycles. The van der Waals surface area contributed by atoms with Gasteiger partial charge in [0.2, 0.25) is 0 Å². The van der Waals surface area contributed by atoms with E-state index in [1.165, 1.54) is 12.0 Å². The molecule has 66 valence electrons. The van der Waals surface area contributed by atoms with Gasteiger partial charge in [-0.3, -0.25) is 4.79 Å². The lowest BCUT2D eigenvalue weighted by Crippen LogP contribution is -2.32. The zero-order valence-corrected chi connectivity index (χ0v) is 7.89. The standard InChI is InChI=1S/C11H16O/c1-8-3-4-9-5-6-10(12)7-11(8,9)2/h3,9H,4-7H2,1-2H3/t9-,11-/m0/s1. The van der Waals surface area contributed by atoms with Crippen LogP contribution in [0.15, 0.2) is 11.6 Å². The molecule has 2 rings (SSSR count). The summed E-state index contributed by atoms with van der Waals surface area (Å²) < 4.78 is 0. The van der Waals surface area contributed by atoms with Crippen molar-refractivity contribution in [3.8, 4) is 0 Å². The van der Waals surface area contributed by atoms with Crippen molar-refractivity contribution in [3.63, 3.8) is 0 Å². The molecule has 2 aliphatic rings. The van der Waals surface area contributed by atoms with Gasteiger partial charge in [0.15, 0.2) is 0 Å². The molecule has 0 unspecified atom stereocenters. The number of hydrogen-bond donors (Lipinski definition) is 0. The van der Waals surface area contributed by atoms with Crippen molar-refractivity contribution in [2.24, 2.45) is 11.3 Å². The Morgan fingerprint density at radius 3 is 3.08 bits per heavy atom. The van der Waals surface area contributed by atoms with Crippen LogP contribution in [0.2, 0.25) is 0 Å². The van der Waals surface area contributed by atoms with Crippen molar-refractivity contribution in [2.75, 3.05) is 0 Å². The Balaban J connectivity index is 2.27. The van der Waals surface area contributed by atoms with E-state index >= 15 is 0 Å². The van der Waals surface area contributed by atoms with E-state index < -0.39 is 0 Å². The molecule has 0 aromatic carbocycles. The van der Waals surface area contributed by atoms with Gasteiger partial charge in [0.25, 0.3) is 0 Å². The second kappa shape index (κ2) is 2.45. The van der Waals surface area contributed by atoms with Crippen LogP contribution in [0, 0.1) is 11.3 Å². The number of Topliss-reactive ketones (excluding diaryl/α,β-unsaturated/α-hetero) is 1. The van der Waals surface area contributed by atoms with Crippen LogP contribution in [-0.2, 0) is 4.79 Å². The van der Waals surface area contributed by atoms with Gasteiger partial charge < -0.3 is 0 Å². The quantitative estimate of drug-likeness (QED) is 0.503. The Morgan fingerprint density at radius 2 is 2.33 bits per heavy atom. The first kappa shape index (κ1) is 8.03. The highest BCUT2D eigenvalue weighted by atomic mass is 16.1. The summed E-state index contributed by atoms with van der Waals surface area (Å²) in [5.41, 5.74) is 1.68. The lowest BCUT2D eigenvalue weighted by atomic mass is 9.66. The Morgan fingerprint density at radius 1 is 1.58 bits per heavy atom. The lowest BCUT2D eigenvalue weighted by Gasteiger charge is -2.37. The fourth-order valence-electron chi connectivity index (χ4n) is 2.69. The molecule has 0 heterocycles. The Bertz CT molecular complexity index is 252. The van der Waals surface area contributed by atoms with Gasteiger partial charge in [-0.1, -0.05) is 18.6 Å². The van der Waals surface area contributed by atoms with Crippen LogP contribution in [-0.4, -0.2) is 5.78 Å². The van der Waals surface area contributed by atoms with Crippen molar-refractivity contribution in [2.45, 2.75) is 39.5 Å². The first-order chi connectivity index (χ1) is 5.63. The van der Waals surface area contributed by atoms with Crippen molar-refractivity contribution in [1.82, 2.24) is 0 Å². The number of allylic oxidation sites excluding steroid dienone is 2. The van der Waals surface area contributed by atoms with Crippen LogP contribution in [0.25, 0.3) is 0 Å². The first-order valence-corrected chi connectivity index (χ1v) is 4.82. The molecule has 0 spiro atoms. The average Bonchev–Trinajstić information content (AvgIpc) is 2.28. The molecule has 0 N–H and O–H groups in total. The molecule has 2 aliphatic carbocycles. The maximum Gasteiger partial charge on any atom is 0.133 e. The molecule has 1 fully saturated rings. The maximum atomic E-state index is 11.3. The number of carbonyl (C=O) groups is 1. The second-order valence-corrected chi connectivity index (χ2v) is 4.49. The molecule has 0 aromatic heterocycles. The highest BCUT2D eigenvalue weighted by molar-refractivity contribution is 5.80. The van der Waals surface area contributed by atoms with Crippen molar-refractivity contribution < 1.29 is 4.79 Å². The SMILES string of the molecule is CC1=CC[C@H]2CCC(=O)C[C@@]12C. The number of rotatable bonds is 0. The third-order valence-corrected chi connectivity index (χ3v) is 3.85. The van der Waals surface area contributed by atoms with Crippen LogP contribution in [0.3, 0.4) is 0 Å². The zero-order chi connectivity index (χ0) is 8.77. The van der Waals surface area contributed by atoms with E-state index in [4.69, 9.17) is 0 Å². The van der Waals surface area contributed by atoms with E-state index in [9.17, 15) is 4.79 Å². The number of ketones is 1. The van der Waals surface area contributed by atoms with E-state index in [0.717, 1.165) is 25.2 Å². The summed E-state index contributed by atoms with van der Waals surface area (Å²) >= 11 is 0. The third kappa shape index (κ3) is 0.954. The van der Waals surface area contributed by atoms with Crippen molar-refractivity contribution in [1.29, 1.82) is 0 Å². The summed E-state index contributed by atoms with van der Waals surface area (Å²) in [6, 6.07) is 0. The predicted molar refractivity (Wildman–Crippen MR) is 48.8 cm³/mol. The number of carbonyl (C=O) groups excluding carboxylic acids is 1. The largest absolute Gasteiger partial charge is 0.300 e. The topological polar surface area (TPSA) is 17.1 Å². The molecule has 0 saturated heterocycles. The summed E-state index contributed by atoms with van der Waals surface area (Å²) in [7, 11) is 0. The van der Waals surface area contributed by atoms with Gasteiger partial charge >= 0.3 is 0 Å². The molecule has 1 heteroatoms. The molecule has 12 heavy (non-hydrogen) atoms. The monoisotopic (exact) mass is 164 g/mol. The molecule has 0 radical (unpaired) electrons. The van der Waals surface area contributed by atoms with Gasteiger partial charge in [-0.15, -0.1) is 0 Å². The summed E-state index contributed by atoms with van der Waals surface area (Å²) in [5.74, 6) is 1.22. The second-order valence-electron chi connectivity index (χ2n) is 4.49. The van der Waals surface area contributed by atoms with Crippen LogP contribution in [0.4, 0.5) is 0 Å². The number of hydrogen-bond acceptors (Lipinski definition) is 1. The van der Waals surface area contributed by atoms with Gasteiger partial charge in [0.05, 0.1) is 0 Å². The minimum atomic E-state index is 0.231. The van der Waals surface area contributed by atoms with Gasteiger partial charge in [0, 0.05) is 12.8 Å². The Labute approximate surface area is 73.8 Å². The molecule has 1 nitrogen and oxygen atoms in total. The average molecular weight is 164 g/mol. The smallest absolute Gasteiger partial charge is 0.133 e. The Hall–Kier alpha value is -0.590. The zero-order valence-electron chi connectivity index (χ0n) is 7.89. The molecule has 0 amide bonds. The first-order valence-electron chi connectivity index (χ1n) is 4.82. The molecule has 0 bridgehead atoms. The summed E-state index contributed by atoms with van der Waals surface area (Å²) in [5, 5.41) is 0. The predicted octanol–water partition coefficient (Wildman–Crippen LogP) is 2.71. The van der Waals surface area contributed by atoms with Crippen LogP contribution >= 0.6 is 0 Å². The molecule has 2 atom stereocenters. The van der Waals surface area contributed by atoms with E-state index in [2.05, 4.69) is 19.9 Å². The fourth-order valence-corrected chi connectivity index (χ4v) is 2.69.